The van der Waals surface area contributed by atoms with Crippen LogP contribution in [0.3, 0.4) is 0 Å². The second-order valence-electron chi connectivity index (χ2n) is 7.77. The smallest absolute Gasteiger partial charge is 0.294 e. The van der Waals surface area contributed by atoms with Crippen LogP contribution in [0.5, 0.6) is 0 Å². The van der Waals surface area contributed by atoms with Gasteiger partial charge in [0.25, 0.3) is 11.1 Å². The SMILES string of the molecule is Cc1ccccc1NC(=O)CN1C(=O)S/C(=C\c2ccc(N3CCCCC3)cc2)C1=O. The van der Waals surface area contributed by atoms with E-state index in [1.807, 2.05) is 37.3 Å². The maximum atomic E-state index is 12.7. The maximum absolute atomic E-state index is 12.7. The minimum atomic E-state index is -0.435. The van der Waals surface area contributed by atoms with Gasteiger partial charge < -0.3 is 10.2 Å². The summed E-state index contributed by atoms with van der Waals surface area (Å²) in [5.41, 5.74) is 3.62. The molecule has 160 valence electrons. The van der Waals surface area contributed by atoms with Gasteiger partial charge in [0.1, 0.15) is 6.54 Å². The molecular formula is C24H25N3O3S. The summed E-state index contributed by atoms with van der Waals surface area (Å²) >= 11 is 0.868. The fourth-order valence-electron chi connectivity index (χ4n) is 3.77. The molecule has 2 aliphatic heterocycles. The Hall–Kier alpha value is -3.06. The van der Waals surface area contributed by atoms with E-state index >= 15 is 0 Å². The molecule has 0 aromatic heterocycles. The second kappa shape index (κ2) is 9.39. The van der Waals surface area contributed by atoms with Gasteiger partial charge in [0.05, 0.1) is 4.91 Å². The molecule has 4 rings (SSSR count). The highest BCUT2D eigenvalue weighted by Gasteiger charge is 2.36. The Labute approximate surface area is 186 Å². The number of nitrogens with zero attached hydrogens (tertiary/aromatic N) is 2. The van der Waals surface area contributed by atoms with E-state index < -0.39 is 17.1 Å². The van der Waals surface area contributed by atoms with E-state index in [2.05, 4.69) is 22.3 Å². The molecule has 0 unspecified atom stereocenters. The maximum Gasteiger partial charge on any atom is 0.294 e. The molecule has 7 heteroatoms. The lowest BCUT2D eigenvalue weighted by atomic mass is 10.1. The van der Waals surface area contributed by atoms with Crippen LogP contribution in [0.2, 0.25) is 0 Å². The van der Waals surface area contributed by atoms with E-state index in [4.69, 9.17) is 0 Å². The van der Waals surface area contributed by atoms with Crippen molar-refractivity contribution in [2.24, 2.45) is 0 Å². The van der Waals surface area contributed by atoms with Crippen LogP contribution in [0, 0.1) is 6.92 Å². The molecule has 0 aliphatic carbocycles. The Morgan fingerprint density at radius 3 is 2.45 bits per heavy atom. The number of benzene rings is 2. The summed E-state index contributed by atoms with van der Waals surface area (Å²) < 4.78 is 0. The Kier molecular flexibility index (Phi) is 6.42. The summed E-state index contributed by atoms with van der Waals surface area (Å²) in [5, 5.41) is 2.33. The van der Waals surface area contributed by atoms with Crippen LogP contribution in [0.25, 0.3) is 6.08 Å². The van der Waals surface area contributed by atoms with Crippen molar-refractivity contribution in [2.75, 3.05) is 29.9 Å². The average molecular weight is 436 g/mol. The highest BCUT2D eigenvalue weighted by molar-refractivity contribution is 8.18. The zero-order valence-electron chi connectivity index (χ0n) is 17.5. The lowest BCUT2D eigenvalue weighted by Crippen LogP contribution is -2.36. The minimum Gasteiger partial charge on any atom is -0.372 e. The van der Waals surface area contributed by atoms with Gasteiger partial charge in [-0.15, -0.1) is 0 Å². The number of hydrogen-bond acceptors (Lipinski definition) is 5. The normalized spacial score (nSPS) is 18.0. The fourth-order valence-corrected chi connectivity index (χ4v) is 4.61. The number of carbonyl (C=O) groups excluding carboxylic acids is 3. The molecular weight excluding hydrogens is 410 g/mol. The van der Waals surface area contributed by atoms with Crippen molar-refractivity contribution in [3.8, 4) is 0 Å². The molecule has 0 bridgehead atoms. The highest BCUT2D eigenvalue weighted by Crippen LogP contribution is 2.32. The molecule has 0 atom stereocenters. The zero-order valence-corrected chi connectivity index (χ0v) is 18.3. The summed E-state index contributed by atoms with van der Waals surface area (Å²) in [6.45, 7) is 3.73. The first-order valence-corrected chi connectivity index (χ1v) is 11.3. The van der Waals surface area contributed by atoms with Crippen LogP contribution in [0.4, 0.5) is 16.2 Å². The number of aryl methyl sites for hydroxylation is 1. The molecule has 2 aromatic rings. The first-order chi connectivity index (χ1) is 15.0. The second-order valence-corrected chi connectivity index (χ2v) is 8.76. The van der Waals surface area contributed by atoms with E-state index in [0.29, 0.717) is 10.6 Å². The zero-order chi connectivity index (χ0) is 21.8. The molecule has 0 radical (unpaired) electrons. The van der Waals surface area contributed by atoms with Gasteiger partial charge in [0.15, 0.2) is 0 Å². The molecule has 0 saturated carbocycles. The van der Waals surface area contributed by atoms with Gasteiger partial charge in [0, 0.05) is 24.5 Å². The van der Waals surface area contributed by atoms with Crippen molar-refractivity contribution in [1.82, 2.24) is 4.90 Å². The fraction of sp³-hybridized carbons (Fsp3) is 0.292. The number of imide groups is 1. The molecule has 0 spiro atoms. The molecule has 2 fully saturated rings. The van der Waals surface area contributed by atoms with Gasteiger partial charge in [-0.1, -0.05) is 30.3 Å². The average Bonchev–Trinajstić information content (AvgIpc) is 3.04. The van der Waals surface area contributed by atoms with Gasteiger partial charge in [-0.3, -0.25) is 19.3 Å². The van der Waals surface area contributed by atoms with E-state index in [0.717, 1.165) is 40.9 Å². The molecule has 31 heavy (non-hydrogen) atoms. The third-order valence-electron chi connectivity index (χ3n) is 5.51. The Bertz CT molecular complexity index is 1030. The third kappa shape index (κ3) is 4.99. The number of hydrogen-bond donors (Lipinski definition) is 1. The number of para-hydroxylation sites is 1. The molecule has 3 amide bonds. The summed E-state index contributed by atoms with van der Waals surface area (Å²) in [6.07, 6.45) is 5.43. The van der Waals surface area contributed by atoms with Crippen molar-refractivity contribution in [3.63, 3.8) is 0 Å². The molecule has 2 aliphatic rings. The van der Waals surface area contributed by atoms with Crippen LogP contribution >= 0.6 is 11.8 Å². The number of thioether (sulfide) groups is 1. The summed E-state index contributed by atoms with van der Waals surface area (Å²) in [7, 11) is 0. The van der Waals surface area contributed by atoms with Crippen molar-refractivity contribution >= 4 is 46.3 Å². The van der Waals surface area contributed by atoms with Crippen molar-refractivity contribution in [1.29, 1.82) is 0 Å². The number of anilines is 2. The number of carbonyl (C=O) groups is 3. The number of piperidine rings is 1. The highest BCUT2D eigenvalue weighted by atomic mass is 32.2. The summed E-state index contributed by atoms with van der Waals surface area (Å²) in [5.74, 6) is -0.834. The van der Waals surface area contributed by atoms with Crippen molar-refractivity contribution in [2.45, 2.75) is 26.2 Å². The topological polar surface area (TPSA) is 69.7 Å². The molecule has 6 nitrogen and oxygen atoms in total. The van der Waals surface area contributed by atoms with Gasteiger partial charge >= 0.3 is 0 Å². The van der Waals surface area contributed by atoms with Crippen LogP contribution < -0.4 is 10.2 Å². The first-order valence-electron chi connectivity index (χ1n) is 10.5. The van der Waals surface area contributed by atoms with Gasteiger partial charge in [-0.25, -0.2) is 0 Å². The summed E-state index contributed by atoms with van der Waals surface area (Å²) in [4.78, 5) is 41.1. The van der Waals surface area contributed by atoms with Gasteiger partial charge in [0.2, 0.25) is 5.91 Å². The van der Waals surface area contributed by atoms with Crippen molar-refractivity contribution in [3.05, 3.63) is 64.6 Å². The quantitative estimate of drug-likeness (QED) is 0.692. The van der Waals surface area contributed by atoms with E-state index in [1.165, 1.54) is 24.9 Å². The lowest BCUT2D eigenvalue weighted by molar-refractivity contribution is -0.127. The molecule has 2 heterocycles. The number of amides is 3. The van der Waals surface area contributed by atoms with Crippen LogP contribution in [0.15, 0.2) is 53.4 Å². The lowest BCUT2D eigenvalue weighted by Gasteiger charge is -2.28. The minimum absolute atomic E-state index is 0.301. The monoisotopic (exact) mass is 435 g/mol. The van der Waals surface area contributed by atoms with Crippen molar-refractivity contribution < 1.29 is 14.4 Å². The largest absolute Gasteiger partial charge is 0.372 e. The van der Waals surface area contributed by atoms with E-state index in [1.54, 1.807) is 12.1 Å². The number of nitrogens with one attached hydrogen (secondary N) is 1. The predicted molar refractivity (Wildman–Crippen MR) is 125 cm³/mol. The van der Waals surface area contributed by atoms with Crippen LogP contribution in [0.1, 0.15) is 30.4 Å². The van der Waals surface area contributed by atoms with E-state index in [-0.39, 0.29) is 6.54 Å². The van der Waals surface area contributed by atoms with Crippen LogP contribution in [-0.4, -0.2) is 41.6 Å². The number of rotatable bonds is 5. The first kappa shape index (κ1) is 21.2. The Morgan fingerprint density at radius 2 is 1.74 bits per heavy atom. The standard InChI is InChI=1S/C24H25N3O3S/c1-17-7-3-4-8-20(17)25-22(28)16-27-23(29)21(31-24(27)30)15-18-9-11-19(12-10-18)26-13-5-2-6-14-26/h3-4,7-12,15H,2,5-6,13-14,16H2,1H3,(H,25,28)/b21-15-. The van der Waals surface area contributed by atoms with E-state index in [9.17, 15) is 14.4 Å². The Morgan fingerprint density at radius 1 is 1.03 bits per heavy atom. The Balaban J connectivity index is 1.41. The predicted octanol–water partition coefficient (Wildman–Crippen LogP) is 4.66. The molecule has 1 N–H and O–H groups in total. The molecule has 2 saturated heterocycles. The van der Waals surface area contributed by atoms with Crippen LogP contribution in [-0.2, 0) is 9.59 Å². The van der Waals surface area contributed by atoms with Gasteiger partial charge in [-0.2, -0.15) is 0 Å². The van der Waals surface area contributed by atoms with Gasteiger partial charge in [-0.05, 0) is 73.4 Å². The third-order valence-corrected chi connectivity index (χ3v) is 6.41. The molecule has 2 aromatic carbocycles. The summed E-state index contributed by atoms with van der Waals surface area (Å²) in [6, 6.07) is 15.4.